The van der Waals surface area contributed by atoms with Crippen molar-refractivity contribution >= 4 is 23.4 Å². The number of benzene rings is 2. The number of carbonyl (C=O) groups is 1. The molecule has 2 fully saturated rings. The molecule has 0 saturated carbocycles. The highest BCUT2D eigenvalue weighted by Gasteiger charge is 2.31. The third-order valence-corrected chi connectivity index (χ3v) is 7.04. The molecule has 5 rings (SSSR count). The number of alkyl halides is 3. The lowest BCUT2D eigenvalue weighted by Crippen LogP contribution is -2.51. The number of aromatic amines is 1. The maximum absolute atomic E-state index is 14.1. The zero-order valence-corrected chi connectivity index (χ0v) is 21.6. The second-order valence-electron chi connectivity index (χ2n) is 9.76. The molecule has 2 N–H and O–H groups in total. The van der Waals surface area contributed by atoms with Gasteiger partial charge in [-0.1, -0.05) is 18.2 Å². The first kappa shape index (κ1) is 27.4. The molecular weight excluding hydrogens is 530 g/mol. The Morgan fingerprint density at radius 1 is 0.900 bits per heavy atom. The summed E-state index contributed by atoms with van der Waals surface area (Å²) in [5, 5.41) is 2.52. The molecule has 13 heteroatoms. The van der Waals surface area contributed by atoms with Crippen LogP contribution in [0.25, 0.3) is 0 Å². The van der Waals surface area contributed by atoms with Gasteiger partial charge in [0.15, 0.2) is 0 Å². The van der Waals surface area contributed by atoms with Crippen LogP contribution in [-0.2, 0) is 12.7 Å². The van der Waals surface area contributed by atoms with Gasteiger partial charge in [0.05, 0.1) is 16.9 Å². The summed E-state index contributed by atoms with van der Waals surface area (Å²) >= 11 is 0. The van der Waals surface area contributed by atoms with E-state index in [2.05, 4.69) is 20.2 Å². The predicted octanol–water partition coefficient (Wildman–Crippen LogP) is 3.60. The van der Waals surface area contributed by atoms with Crippen molar-refractivity contribution in [1.82, 2.24) is 19.8 Å². The van der Waals surface area contributed by atoms with Gasteiger partial charge < -0.3 is 20.0 Å². The Labute approximate surface area is 228 Å². The normalized spacial score (nSPS) is 16.8. The summed E-state index contributed by atoms with van der Waals surface area (Å²) in [4.78, 5) is 40.0. The van der Waals surface area contributed by atoms with Crippen LogP contribution in [0.15, 0.2) is 59.4 Å². The van der Waals surface area contributed by atoms with E-state index in [-0.39, 0.29) is 17.1 Å². The maximum atomic E-state index is 14.1. The third kappa shape index (κ3) is 6.53. The number of hydrogen-bond acceptors (Lipinski definition) is 6. The minimum absolute atomic E-state index is 0.0655. The van der Waals surface area contributed by atoms with E-state index in [1.807, 2.05) is 15.9 Å². The largest absolute Gasteiger partial charge is 0.416 e. The fourth-order valence-corrected chi connectivity index (χ4v) is 4.91. The molecule has 2 aliphatic heterocycles. The van der Waals surface area contributed by atoms with Crippen molar-refractivity contribution in [3.05, 3.63) is 82.0 Å². The van der Waals surface area contributed by atoms with E-state index in [4.69, 9.17) is 0 Å². The Balaban J connectivity index is 1.15. The number of H-pyrrole nitrogens is 1. The standard InChI is InChI=1S/C27H29F4N7O2/c28-22-6-1-2-7-23(22)36-10-8-35(9-11-36)18-21-17-24(39)34-25(32-21)37-12-14-38(15-13-37)26(40)33-20-5-3-4-19(16-20)27(29,30)31/h1-7,16-17H,8-15,18H2,(H,33,40)(H,32,34,39). The number of halogens is 4. The van der Waals surface area contributed by atoms with Gasteiger partial charge in [0.1, 0.15) is 5.82 Å². The van der Waals surface area contributed by atoms with Gasteiger partial charge in [-0.3, -0.25) is 14.7 Å². The van der Waals surface area contributed by atoms with Gasteiger partial charge in [0.2, 0.25) is 5.95 Å². The topological polar surface area (TPSA) is 87.8 Å². The molecule has 0 spiro atoms. The van der Waals surface area contributed by atoms with Crippen molar-refractivity contribution in [2.45, 2.75) is 12.7 Å². The van der Waals surface area contributed by atoms with Gasteiger partial charge in [-0.2, -0.15) is 13.2 Å². The molecule has 2 aliphatic rings. The summed E-state index contributed by atoms with van der Waals surface area (Å²) in [5.74, 6) is 0.163. The molecule has 2 saturated heterocycles. The Morgan fingerprint density at radius 2 is 1.60 bits per heavy atom. The summed E-state index contributed by atoms with van der Waals surface area (Å²) in [6.07, 6.45) is -4.50. The van der Waals surface area contributed by atoms with E-state index in [1.54, 1.807) is 12.1 Å². The number of aromatic nitrogens is 2. The van der Waals surface area contributed by atoms with E-state index in [9.17, 15) is 27.2 Å². The highest BCUT2D eigenvalue weighted by atomic mass is 19.4. The fraction of sp³-hybridized carbons (Fsp3) is 0.370. The average Bonchev–Trinajstić information content (AvgIpc) is 2.93. The number of amides is 2. The van der Waals surface area contributed by atoms with E-state index in [0.29, 0.717) is 76.2 Å². The molecule has 2 aromatic carbocycles. The van der Waals surface area contributed by atoms with Crippen LogP contribution in [0.5, 0.6) is 0 Å². The Hall–Kier alpha value is -4.13. The molecule has 9 nitrogen and oxygen atoms in total. The first-order valence-corrected chi connectivity index (χ1v) is 13.0. The minimum atomic E-state index is -4.50. The van der Waals surface area contributed by atoms with Crippen molar-refractivity contribution in [2.75, 3.05) is 67.5 Å². The van der Waals surface area contributed by atoms with Crippen LogP contribution in [0.2, 0.25) is 0 Å². The molecule has 0 atom stereocenters. The Kier molecular flexibility index (Phi) is 7.92. The van der Waals surface area contributed by atoms with E-state index in [0.717, 1.165) is 12.1 Å². The number of para-hydroxylation sites is 1. The molecule has 0 bridgehead atoms. The third-order valence-electron chi connectivity index (χ3n) is 7.04. The lowest BCUT2D eigenvalue weighted by molar-refractivity contribution is -0.137. The summed E-state index contributed by atoms with van der Waals surface area (Å²) in [6, 6.07) is 12.2. The number of rotatable bonds is 5. The van der Waals surface area contributed by atoms with Crippen LogP contribution in [0.1, 0.15) is 11.3 Å². The number of anilines is 3. The van der Waals surface area contributed by atoms with Crippen molar-refractivity contribution in [3.8, 4) is 0 Å². The van der Waals surface area contributed by atoms with Crippen LogP contribution in [0.4, 0.5) is 39.7 Å². The number of carbonyl (C=O) groups excluding carboxylic acids is 1. The molecule has 2 amide bonds. The second kappa shape index (κ2) is 11.5. The number of piperazine rings is 2. The van der Waals surface area contributed by atoms with Crippen molar-refractivity contribution in [3.63, 3.8) is 0 Å². The van der Waals surface area contributed by atoms with Crippen molar-refractivity contribution in [2.24, 2.45) is 0 Å². The molecule has 40 heavy (non-hydrogen) atoms. The lowest BCUT2D eigenvalue weighted by Gasteiger charge is -2.36. The molecule has 0 unspecified atom stereocenters. The van der Waals surface area contributed by atoms with Crippen molar-refractivity contribution in [1.29, 1.82) is 0 Å². The van der Waals surface area contributed by atoms with Crippen molar-refractivity contribution < 1.29 is 22.4 Å². The zero-order valence-electron chi connectivity index (χ0n) is 21.6. The quantitative estimate of drug-likeness (QED) is 0.465. The first-order chi connectivity index (χ1) is 19.2. The van der Waals surface area contributed by atoms with Gasteiger partial charge >= 0.3 is 12.2 Å². The van der Waals surface area contributed by atoms with Crippen LogP contribution in [0, 0.1) is 5.82 Å². The summed E-state index contributed by atoms with van der Waals surface area (Å²) < 4.78 is 53.0. The molecule has 212 valence electrons. The molecule has 0 aliphatic carbocycles. The number of nitrogens with one attached hydrogen (secondary N) is 2. The molecule has 3 aromatic rings. The fourth-order valence-electron chi connectivity index (χ4n) is 4.91. The first-order valence-electron chi connectivity index (χ1n) is 13.0. The van der Waals surface area contributed by atoms with Gasteiger partial charge in [-0.15, -0.1) is 0 Å². The number of hydrogen-bond donors (Lipinski definition) is 2. The number of urea groups is 1. The van der Waals surface area contributed by atoms with E-state index >= 15 is 0 Å². The Morgan fingerprint density at radius 3 is 2.30 bits per heavy atom. The monoisotopic (exact) mass is 559 g/mol. The molecule has 1 aromatic heterocycles. The smallest absolute Gasteiger partial charge is 0.367 e. The van der Waals surface area contributed by atoms with Gasteiger partial charge in [0, 0.05) is 70.7 Å². The van der Waals surface area contributed by atoms with E-state index in [1.165, 1.54) is 29.2 Å². The SMILES string of the molecule is O=C(Nc1cccc(C(F)(F)F)c1)N1CCN(c2nc(CN3CCN(c4ccccc4F)CC3)cc(=O)[nH]2)CC1. The van der Waals surface area contributed by atoms with Crippen LogP contribution in [-0.4, -0.2) is 78.2 Å². The van der Waals surface area contributed by atoms with Gasteiger partial charge in [0.25, 0.3) is 5.56 Å². The highest BCUT2D eigenvalue weighted by Crippen LogP contribution is 2.30. The van der Waals surface area contributed by atoms with Gasteiger partial charge in [-0.25, -0.2) is 14.2 Å². The average molecular weight is 560 g/mol. The van der Waals surface area contributed by atoms with Crippen LogP contribution in [0.3, 0.4) is 0 Å². The van der Waals surface area contributed by atoms with Crippen LogP contribution >= 0.6 is 0 Å². The molecule has 0 radical (unpaired) electrons. The zero-order chi connectivity index (χ0) is 28.3. The van der Waals surface area contributed by atoms with Crippen LogP contribution < -0.4 is 20.7 Å². The molecular formula is C27H29F4N7O2. The van der Waals surface area contributed by atoms with E-state index < -0.39 is 17.8 Å². The predicted molar refractivity (Wildman–Crippen MR) is 143 cm³/mol. The second-order valence-corrected chi connectivity index (χ2v) is 9.76. The summed E-state index contributed by atoms with van der Waals surface area (Å²) in [6.45, 7) is 4.56. The summed E-state index contributed by atoms with van der Waals surface area (Å²) in [5.41, 5.74) is 0.145. The molecule has 3 heterocycles. The lowest BCUT2D eigenvalue weighted by atomic mass is 10.2. The minimum Gasteiger partial charge on any atom is -0.367 e. The summed E-state index contributed by atoms with van der Waals surface area (Å²) in [7, 11) is 0. The number of nitrogens with zero attached hydrogens (tertiary/aromatic N) is 5. The highest BCUT2D eigenvalue weighted by molar-refractivity contribution is 5.89. The van der Waals surface area contributed by atoms with Gasteiger partial charge in [-0.05, 0) is 30.3 Å². The Bertz CT molecular complexity index is 1400. The maximum Gasteiger partial charge on any atom is 0.416 e.